The fraction of sp³-hybridized carbons (Fsp3) is 0.353. The van der Waals surface area contributed by atoms with E-state index in [-0.39, 0.29) is 0 Å². The zero-order valence-electron chi connectivity index (χ0n) is 13.7. The van der Waals surface area contributed by atoms with Gasteiger partial charge in [-0.15, -0.1) is 0 Å². The maximum absolute atomic E-state index is 10.8. The van der Waals surface area contributed by atoms with Crippen molar-refractivity contribution in [2.45, 2.75) is 12.7 Å². The molecular weight excluding hydrogens is 298 g/mol. The van der Waals surface area contributed by atoms with Crippen LogP contribution in [0, 0.1) is 0 Å². The molecule has 1 aromatic heterocycles. The van der Waals surface area contributed by atoms with Crippen molar-refractivity contribution in [2.24, 2.45) is 0 Å². The summed E-state index contributed by atoms with van der Waals surface area (Å²) in [5.41, 5.74) is 2.03. The molecule has 0 aliphatic heterocycles. The van der Waals surface area contributed by atoms with E-state index < -0.39 is 6.10 Å². The van der Waals surface area contributed by atoms with E-state index >= 15 is 0 Å². The number of nitrogens with zero attached hydrogens (tertiary/aromatic N) is 1. The average molecular weight is 319 g/mol. The van der Waals surface area contributed by atoms with E-state index in [0.29, 0.717) is 35.0 Å². The Morgan fingerprint density at radius 1 is 1.00 bits per heavy atom. The van der Waals surface area contributed by atoms with Crippen molar-refractivity contribution >= 4 is 0 Å². The number of hydrogen-bond acceptors (Lipinski definition) is 6. The highest BCUT2D eigenvalue weighted by atomic mass is 16.5. The molecule has 0 fully saturated rings. The van der Waals surface area contributed by atoms with E-state index in [1.165, 1.54) is 14.2 Å². The third-order valence-electron chi connectivity index (χ3n) is 3.55. The highest BCUT2D eigenvalue weighted by Gasteiger charge is 2.26. The first kappa shape index (κ1) is 17.1. The number of methoxy groups -OCH3 is 4. The lowest BCUT2D eigenvalue weighted by atomic mass is 9.95. The molecule has 1 heterocycles. The molecule has 2 rings (SSSR count). The highest BCUT2D eigenvalue weighted by molar-refractivity contribution is 5.61. The van der Waals surface area contributed by atoms with Crippen LogP contribution in [0.4, 0.5) is 0 Å². The van der Waals surface area contributed by atoms with Crippen LogP contribution in [0.5, 0.6) is 17.2 Å². The molecule has 124 valence electrons. The number of aromatic nitrogens is 1. The molecule has 0 radical (unpaired) electrons. The monoisotopic (exact) mass is 319 g/mol. The Morgan fingerprint density at radius 3 is 2.17 bits per heavy atom. The lowest BCUT2D eigenvalue weighted by molar-refractivity contribution is 0.173. The first-order valence-electron chi connectivity index (χ1n) is 7.06. The Hall–Kier alpha value is -2.31. The van der Waals surface area contributed by atoms with E-state index in [1.807, 2.05) is 0 Å². The molecule has 0 spiro atoms. The molecule has 0 amide bonds. The number of aliphatic hydroxyl groups is 1. The van der Waals surface area contributed by atoms with E-state index in [4.69, 9.17) is 18.9 Å². The molecule has 0 bridgehead atoms. The Morgan fingerprint density at radius 2 is 1.65 bits per heavy atom. The van der Waals surface area contributed by atoms with Gasteiger partial charge in [-0.3, -0.25) is 4.98 Å². The predicted octanol–water partition coefficient (Wildman–Crippen LogP) is 2.34. The van der Waals surface area contributed by atoms with E-state index in [2.05, 4.69) is 4.98 Å². The summed E-state index contributed by atoms with van der Waals surface area (Å²) in [5.74, 6) is 1.36. The molecule has 1 N–H and O–H groups in total. The van der Waals surface area contributed by atoms with Gasteiger partial charge in [0, 0.05) is 25.1 Å². The van der Waals surface area contributed by atoms with Gasteiger partial charge in [-0.2, -0.15) is 0 Å². The summed E-state index contributed by atoms with van der Waals surface area (Å²) in [6, 6.07) is 5.28. The van der Waals surface area contributed by atoms with Gasteiger partial charge in [-0.25, -0.2) is 0 Å². The summed E-state index contributed by atoms with van der Waals surface area (Å²) < 4.78 is 21.5. The summed E-state index contributed by atoms with van der Waals surface area (Å²) in [6.45, 7) is 0.300. The van der Waals surface area contributed by atoms with Gasteiger partial charge in [0.05, 0.1) is 27.9 Å². The minimum absolute atomic E-state index is 0.300. The maximum Gasteiger partial charge on any atom is 0.203 e. The van der Waals surface area contributed by atoms with Gasteiger partial charge in [0.25, 0.3) is 0 Å². The van der Waals surface area contributed by atoms with Crippen molar-refractivity contribution in [3.8, 4) is 17.2 Å². The normalized spacial score (nSPS) is 11.9. The Kier molecular flexibility index (Phi) is 5.78. The van der Waals surface area contributed by atoms with Crippen molar-refractivity contribution < 1.29 is 24.1 Å². The van der Waals surface area contributed by atoms with Gasteiger partial charge in [-0.05, 0) is 29.3 Å². The topological polar surface area (TPSA) is 70.0 Å². The molecule has 0 saturated carbocycles. The lowest BCUT2D eigenvalue weighted by Gasteiger charge is -2.22. The third-order valence-corrected chi connectivity index (χ3v) is 3.55. The van der Waals surface area contributed by atoms with E-state index in [1.54, 1.807) is 44.8 Å². The van der Waals surface area contributed by atoms with Gasteiger partial charge in [-0.1, -0.05) is 0 Å². The van der Waals surface area contributed by atoms with Crippen LogP contribution in [0.25, 0.3) is 0 Å². The second-order valence-corrected chi connectivity index (χ2v) is 4.83. The van der Waals surface area contributed by atoms with Gasteiger partial charge >= 0.3 is 0 Å². The van der Waals surface area contributed by atoms with Crippen molar-refractivity contribution in [1.29, 1.82) is 0 Å². The molecule has 1 atom stereocenters. The second-order valence-electron chi connectivity index (χ2n) is 4.83. The Bertz CT molecular complexity index is 645. The van der Waals surface area contributed by atoms with Crippen LogP contribution in [0.1, 0.15) is 22.8 Å². The van der Waals surface area contributed by atoms with Crippen LogP contribution < -0.4 is 14.2 Å². The maximum atomic E-state index is 10.8. The lowest BCUT2D eigenvalue weighted by Crippen LogP contribution is -2.09. The zero-order valence-corrected chi connectivity index (χ0v) is 13.7. The van der Waals surface area contributed by atoms with Crippen LogP contribution in [-0.2, 0) is 11.3 Å². The molecule has 6 nitrogen and oxygen atoms in total. The molecule has 6 heteroatoms. The van der Waals surface area contributed by atoms with Gasteiger partial charge in [0.2, 0.25) is 5.75 Å². The van der Waals surface area contributed by atoms with Crippen molar-refractivity contribution in [3.63, 3.8) is 0 Å². The zero-order chi connectivity index (χ0) is 16.8. The Labute approximate surface area is 135 Å². The minimum Gasteiger partial charge on any atom is -0.493 e. The number of aliphatic hydroxyl groups excluding tert-OH is 1. The molecule has 1 unspecified atom stereocenters. The van der Waals surface area contributed by atoms with Crippen LogP contribution in [-0.4, -0.2) is 38.5 Å². The standard InChI is InChI=1S/C17H21NO5/c1-20-10-12-9-13(21-2)16(22-3)17(23-4)14(12)15(19)11-5-7-18-8-6-11/h5-9,15,19H,10H2,1-4H3. The summed E-state index contributed by atoms with van der Waals surface area (Å²) in [5, 5.41) is 10.8. The molecule has 0 aliphatic rings. The summed E-state index contributed by atoms with van der Waals surface area (Å²) in [4.78, 5) is 3.97. The third kappa shape index (κ3) is 3.38. The van der Waals surface area contributed by atoms with Gasteiger partial charge in [0.15, 0.2) is 11.5 Å². The summed E-state index contributed by atoms with van der Waals surface area (Å²) >= 11 is 0. The van der Waals surface area contributed by atoms with Crippen molar-refractivity contribution in [3.05, 3.63) is 47.3 Å². The van der Waals surface area contributed by atoms with Crippen LogP contribution in [0.3, 0.4) is 0 Å². The van der Waals surface area contributed by atoms with Crippen LogP contribution >= 0.6 is 0 Å². The van der Waals surface area contributed by atoms with Crippen LogP contribution in [0.2, 0.25) is 0 Å². The van der Waals surface area contributed by atoms with E-state index in [9.17, 15) is 5.11 Å². The fourth-order valence-electron chi connectivity index (χ4n) is 2.52. The highest BCUT2D eigenvalue weighted by Crippen LogP contribution is 2.45. The number of pyridine rings is 1. The smallest absolute Gasteiger partial charge is 0.203 e. The quantitative estimate of drug-likeness (QED) is 0.845. The molecule has 0 saturated heterocycles. The number of hydrogen-bond donors (Lipinski definition) is 1. The molecule has 2 aromatic rings. The number of rotatable bonds is 7. The van der Waals surface area contributed by atoms with Gasteiger partial charge in [0.1, 0.15) is 6.10 Å². The molecule has 23 heavy (non-hydrogen) atoms. The molecular formula is C17H21NO5. The van der Waals surface area contributed by atoms with Crippen LogP contribution in [0.15, 0.2) is 30.6 Å². The largest absolute Gasteiger partial charge is 0.493 e. The van der Waals surface area contributed by atoms with Gasteiger partial charge < -0.3 is 24.1 Å². The van der Waals surface area contributed by atoms with E-state index in [0.717, 1.165) is 5.56 Å². The molecule has 1 aromatic carbocycles. The molecule has 0 aliphatic carbocycles. The number of benzene rings is 1. The second kappa shape index (κ2) is 7.80. The first-order chi connectivity index (χ1) is 11.2. The average Bonchev–Trinajstić information content (AvgIpc) is 2.60. The first-order valence-corrected chi connectivity index (χ1v) is 7.06. The number of ether oxygens (including phenoxy) is 4. The van der Waals surface area contributed by atoms with Crippen molar-refractivity contribution in [1.82, 2.24) is 4.98 Å². The SMILES string of the molecule is COCc1cc(OC)c(OC)c(OC)c1C(O)c1ccncc1. The fourth-order valence-corrected chi connectivity index (χ4v) is 2.52. The predicted molar refractivity (Wildman–Crippen MR) is 85.1 cm³/mol. The summed E-state index contributed by atoms with van der Waals surface area (Å²) in [6.07, 6.45) is 2.35. The summed E-state index contributed by atoms with van der Waals surface area (Å²) in [7, 11) is 6.19. The van der Waals surface area contributed by atoms with Crippen molar-refractivity contribution in [2.75, 3.05) is 28.4 Å². The Balaban J connectivity index is 2.68. The minimum atomic E-state index is -0.905.